The van der Waals surface area contributed by atoms with E-state index in [0.29, 0.717) is 29.7 Å². The summed E-state index contributed by atoms with van der Waals surface area (Å²) in [6.07, 6.45) is -1.92. The Balaban J connectivity index is 1.25. The molecule has 0 bridgehead atoms. The minimum atomic E-state index is -4.49. The highest BCUT2D eigenvalue weighted by molar-refractivity contribution is 5.87. The van der Waals surface area contributed by atoms with Gasteiger partial charge >= 0.3 is 12.1 Å². The number of amides is 1. The number of fused-ring (bicyclic) bond motifs is 1. The summed E-state index contributed by atoms with van der Waals surface area (Å²) in [5.41, 5.74) is -0.0475. The van der Waals surface area contributed by atoms with Crippen molar-refractivity contribution in [3.8, 4) is 5.75 Å². The third-order valence-electron chi connectivity index (χ3n) is 8.83. The number of rotatable bonds is 5. The second-order valence-corrected chi connectivity index (χ2v) is 11.1. The number of benzene rings is 2. The van der Waals surface area contributed by atoms with Crippen molar-refractivity contribution in [1.82, 2.24) is 9.80 Å². The largest absolute Gasteiger partial charge is 0.561 e. The highest BCUT2D eigenvalue weighted by Gasteiger charge is 2.52. The maximum absolute atomic E-state index is 13.8. The summed E-state index contributed by atoms with van der Waals surface area (Å²) in [4.78, 5) is 29.1. The van der Waals surface area contributed by atoms with Crippen LogP contribution in [0.1, 0.15) is 72.0 Å². The van der Waals surface area contributed by atoms with Gasteiger partial charge in [0.1, 0.15) is 11.3 Å². The Morgan fingerprint density at radius 1 is 1.13 bits per heavy atom. The number of carbonyl (C=O) groups excluding carboxylic acids is 2. The fourth-order valence-electron chi connectivity index (χ4n) is 6.51. The number of carbonyl (C=O) groups is 2. The molecule has 0 spiro atoms. The van der Waals surface area contributed by atoms with Gasteiger partial charge in [0.05, 0.1) is 23.6 Å². The van der Waals surface area contributed by atoms with Crippen molar-refractivity contribution < 1.29 is 37.7 Å². The highest BCUT2D eigenvalue weighted by Crippen LogP contribution is 2.46. The summed E-state index contributed by atoms with van der Waals surface area (Å²) in [6.45, 7) is 3.19. The van der Waals surface area contributed by atoms with Crippen LogP contribution in [0.15, 0.2) is 42.5 Å². The predicted molar refractivity (Wildman–Crippen MR) is 137 cm³/mol. The molecule has 2 heterocycles. The molecule has 2 fully saturated rings. The second kappa shape index (κ2) is 10.5. The molecule has 1 saturated heterocycles. The zero-order valence-electron chi connectivity index (χ0n) is 21.8. The van der Waals surface area contributed by atoms with Gasteiger partial charge in [0, 0.05) is 16.4 Å². The topological polar surface area (TPSA) is 93.0 Å². The van der Waals surface area contributed by atoms with Crippen molar-refractivity contribution in [2.75, 3.05) is 19.8 Å². The molecule has 0 aromatic heterocycles. The van der Waals surface area contributed by atoms with Crippen molar-refractivity contribution in [2.45, 2.75) is 69.8 Å². The molecule has 1 saturated carbocycles. The van der Waals surface area contributed by atoms with Crippen molar-refractivity contribution in [3.63, 3.8) is 0 Å². The Kier molecular flexibility index (Phi) is 7.37. The number of ether oxygens (including phenoxy) is 1. The number of likely N-dealkylation sites (tertiary alicyclic amines) is 1. The summed E-state index contributed by atoms with van der Waals surface area (Å²) in [7, 11) is 0. The van der Waals surface area contributed by atoms with Gasteiger partial charge in [0.15, 0.2) is 6.73 Å². The molecule has 0 radical (unpaired) electrons. The number of piperidine rings is 1. The Morgan fingerprint density at radius 2 is 1.87 bits per heavy atom. The number of aliphatic hydroxyl groups is 1. The molecule has 5 rings (SSSR count). The van der Waals surface area contributed by atoms with E-state index < -0.39 is 29.2 Å². The molecule has 2 aromatic rings. The lowest BCUT2D eigenvalue weighted by molar-refractivity contribution is -0.153. The SMILES string of the molecule is C[C@H](O)C1(C(=O)N2COc3ccc(C(F)(F)F)cc3C2)CC[C@@H](N2CCC(c3cccc(C(=O)[OH2+])c3)CC2)C1. The number of halogens is 3. The highest BCUT2D eigenvalue weighted by atomic mass is 19.4. The first-order valence-electron chi connectivity index (χ1n) is 13.4. The second-order valence-electron chi connectivity index (χ2n) is 11.1. The van der Waals surface area contributed by atoms with Crippen LogP contribution in [0.25, 0.3) is 0 Å². The molecule has 3 N–H and O–H groups in total. The first-order chi connectivity index (χ1) is 18.5. The molecule has 1 unspecified atom stereocenters. The fraction of sp³-hybridized carbons (Fsp3) is 0.517. The summed E-state index contributed by atoms with van der Waals surface area (Å²) in [5.74, 6) is -0.349. The molecule has 7 nitrogen and oxygen atoms in total. The molecule has 3 aliphatic rings. The van der Waals surface area contributed by atoms with Gasteiger partial charge in [0.2, 0.25) is 5.91 Å². The van der Waals surface area contributed by atoms with Crippen LogP contribution >= 0.6 is 0 Å². The number of alkyl halides is 3. The Bertz CT molecular complexity index is 1240. The van der Waals surface area contributed by atoms with E-state index in [4.69, 9.17) is 9.84 Å². The van der Waals surface area contributed by atoms with E-state index in [1.165, 1.54) is 11.0 Å². The van der Waals surface area contributed by atoms with E-state index in [-0.39, 0.29) is 31.1 Å². The number of hydrogen-bond acceptors (Lipinski definition) is 5. The predicted octanol–water partition coefficient (Wildman–Crippen LogP) is 4.05. The number of aliphatic hydroxyl groups excluding tert-OH is 1. The quantitative estimate of drug-likeness (QED) is 0.571. The maximum Gasteiger partial charge on any atom is 0.549 e. The average molecular weight is 548 g/mol. The summed E-state index contributed by atoms with van der Waals surface area (Å²) in [5, 5.41) is 18.2. The molecule has 10 heteroatoms. The van der Waals surface area contributed by atoms with Crippen molar-refractivity contribution >= 4 is 11.9 Å². The molecular formula is C29H34F3N2O5+. The standard InChI is InChI=1S/C29H33F3N2O5/c1-18(35)28(27(38)34-16-22-14-23(29(30,31)32)5-6-25(22)39-17-34)10-7-24(15-28)33-11-8-19(9-12-33)20-3-2-4-21(13-20)26(36)37/h2-6,13-14,18-19,24,35H,7-12,15-17H2,1H3,(H,36,37)/p+1/t18-,24+,28?/m0/s1. The Hall–Kier alpha value is -3.11. The molecular weight excluding hydrogens is 513 g/mol. The molecule has 3 atom stereocenters. The molecule has 39 heavy (non-hydrogen) atoms. The van der Waals surface area contributed by atoms with Gasteiger partial charge < -0.3 is 24.7 Å². The van der Waals surface area contributed by atoms with E-state index in [0.717, 1.165) is 50.0 Å². The van der Waals surface area contributed by atoms with Gasteiger partial charge in [-0.05, 0) is 93.9 Å². The smallest absolute Gasteiger partial charge is 0.549 e. The van der Waals surface area contributed by atoms with Gasteiger partial charge in [-0.1, -0.05) is 12.1 Å². The number of hydrogen-bond donors (Lipinski definition) is 1. The molecule has 2 aliphatic heterocycles. The Labute approximate surface area is 225 Å². The van der Waals surface area contributed by atoms with E-state index in [2.05, 4.69) is 4.90 Å². The summed E-state index contributed by atoms with van der Waals surface area (Å²) < 4.78 is 45.4. The van der Waals surface area contributed by atoms with Gasteiger partial charge in [-0.3, -0.25) is 4.79 Å². The monoisotopic (exact) mass is 547 g/mol. The van der Waals surface area contributed by atoms with E-state index >= 15 is 0 Å². The summed E-state index contributed by atoms with van der Waals surface area (Å²) in [6, 6.07) is 10.7. The van der Waals surface area contributed by atoms with Crippen LogP contribution in [0.4, 0.5) is 13.2 Å². The third-order valence-corrected chi connectivity index (χ3v) is 8.83. The van der Waals surface area contributed by atoms with Crippen LogP contribution in [0.5, 0.6) is 5.75 Å². The zero-order valence-corrected chi connectivity index (χ0v) is 21.8. The maximum atomic E-state index is 13.8. The lowest BCUT2D eigenvalue weighted by Crippen LogP contribution is -2.51. The van der Waals surface area contributed by atoms with Gasteiger partial charge in [0.25, 0.3) is 0 Å². The van der Waals surface area contributed by atoms with Gasteiger partial charge in [-0.15, -0.1) is 0 Å². The van der Waals surface area contributed by atoms with Crippen LogP contribution < -0.4 is 4.74 Å². The summed E-state index contributed by atoms with van der Waals surface area (Å²) >= 11 is 0. The minimum absolute atomic E-state index is 0.00248. The fourth-order valence-corrected chi connectivity index (χ4v) is 6.51. The van der Waals surface area contributed by atoms with Crippen molar-refractivity contribution in [1.29, 1.82) is 0 Å². The molecule has 210 valence electrons. The van der Waals surface area contributed by atoms with Crippen LogP contribution in [-0.2, 0) is 17.5 Å². The average Bonchev–Trinajstić information content (AvgIpc) is 3.39. The van der Waals surface area contributed by atoms with Crippen molar-refractivity contribution in [2.24, 2.45) is 5.41 Å². The normalized spacial score (nSPS) is 25.2. The van der Waals surface area contributed by atoms with E-state index in [1.807, 2.05) is 12.1 Å². The van der Waals surface area contributed by atoms with Crippen LogP contribution in [-0.4, -0.2) is 63.9 Å². The van der Waals surface area contributed by atoms with Gasteiger partial charge in [-0.2, -0.15) is 13.2 Å². The lowest BCUT2D eigenvalue weighted by Gasteiger charge is -2.40. The van der Waals surface area contributed by atoms with Gasteiger partial charge in [-0.25, -0.2) is 0 Å². The minimum Gasteiger partial charge on any atom is -0.561 e. The van der Waals surface area contributed by atoms with Crippen LogP contribution in [0.3, 0.4) is 0 Å². The van der Waals surface area contributed by atoms with Crippen LogP contribution in [0.2, 0.25) is 0 Å². The van der Waals surface area contributed by atoms with Crippen LogP contribution in [0, 0.1) is 5.41 Å². The van der Waals surface area contributed by atoms with E-state index in [9.17, 15) is 27.9 Å². The Morgan fingerprint density at radius 3 is 2.54 bits per heavy atom. The van der Waals surface area contributed by atoms with E-state index in [1.54, 1.807) is 19.1 Å². The first kappa shape index (κ1) is 27.5. The molecule has 2 aromatic carbocycles. The first-order valence-corrected chi connectivity index (χ1v) is 13.4. The lowest BCUT2D eigenvalue weighted by atomic mass is 9.79. The number of nitrogens with zero attached hydrogens (tertiary/aromatic N) is 2. The molecule has 1 aliphatic carbocycles. The zero-order chi connectivity index (χ0) is 27.9. The molecule has 1 amide bonds. The van der Waals surface area contributed by atoms with Crippen molar-refractivity contribution in [3.05, 3.63) is 64.7 Å². The third kappa shape index (κ3) is 5.36.